The molecule has 0 spiro atoms. The van der Waals surface area contributed by atoms with Gasteiger partial charge in [0.15, 0.2) is 0 Å². The van der Waals surface area contributed by atoms with Crippen LogP contribution in [0.4, 0.5) is 0 Å². The van der Waals surface area contributed by atoms with Gasteiger partial charge in [0.2, 0.25) is 0 Å². The van der Waals surface area contributed by atoms with Crippen molar-refractivity contribution < 1.29 is 0 Å². The minimum atomic E-state index is 1.10. The zero-order valence-electron chi connectivity index (χ0n) is 11.2. The van der Waals surface area contributed by atoms with Crippen LogP contribution in [-0.2, 0) is 0 Å². The van der Waals surface area contributed by atoms with E-state index in [2.05, 4.69) is 43.9 Å². The van der Waals surface area contributed by atoms with Crippen molar-refractivity contribution in [2.45, 2.75) is 71.6 Å². The summed E-state index contributed by atoms with van der Waals surface area (Å²) in [6.07, 6.45) is 20.5. The van der Waals surface area contributed by atoms with Crippen LogP contribution >= 0.6 is 0 Å². The molecular weight excluding hydrogens is 192 g/mol. The van der Waals surface area contributed by atoms with Gasteiger partial charge in [-0.3, -0.25) is 0 Å². The Bertz CT molecular complexity index is 204. The zero-order chi connectivity index (χ0) is 11.9. The topological polar surface area (TPSA) is 0 Å². The summed E-state index contributed by atoms with van der Waals surface area (Å²) >= 11 is 0. The van der Waals surface area contributed by atoms with E-state index in [9.17, 15) is 0 Å². The summed E-state index contributed by atoms with van der Waals surface area (Å²) in [5, 5.41) is 0. The summed E-state index contributed by atoms with van der Waals surface area (Å²) in [5.41, 5.74) is 3.20. The molecule has 0 aromatic heterocycles. The number of allylic oxidation sites excluding steroid dienone is 3. The fourth-order valence-corrected chi connectivity index (χ4v) is 1.61. The van der Waals surface area contributed by atoms with E-state index in [0.717, 1.165) is 6.42 Å². The summed E-state index contributed by atoms with van der Waals surface area (Å²) in [6.45, 7) is 4.34. The lowest BCUT2D eigenvalue weighted by Crippen LogP contribution is -1.78. The molecule has 0 radical (unpaired) electrons. The predicted octanol–water partition coefficient (Wildman–Crippen LogP) is 5.80. The maximum Gasteiger partial charge on any atom is -0.0274 e. The lowest BCUT2D eigenvalue weighted by molar-refractivity contribution is 0.622. The Balaban J connectivity index is 3.10. The molecule has 0 aromatic rings. The van der Waals surface area contributed by atoms with Crippen molar-refractivity contribution >= 4 is 0 Å². The number of unbranched alkanes of at least 4 members (excludes halogenated alkanes) is 6. The first kappa shape index (κ1) is 15.3. The number of hydrogen-bond acceptors (Lipinski definition) is 0. The summed E-state index contributed by atoms with van der Waals surface area (Å²) in [6, 6.07) is 0. The second-order valence-electron chi connectivity index (χ2n) is 4.21. The molecule has 0 aromatic carbocycles. The molecule has 16 heavy (non-hydrogen) atoms. The summed E-state index contributed by atoms with van der Waals surface area (Å²) in [5.74, 6) is 0. The lowest BCUT2D eigenvalue weighted by atomic mass is 10.1. The molecule has 0 amide bonds. The van der Waals surface area contributed by atoms with Crippen LogP contribution in [0.5, 0.6) is 0 Å². The van der Waals surface area contributed by atoms with Crippen LogP contribution in [0.2, 0.25) is 0 Å². The van der Waals surface area contributed by atoms with Gasteiger partial charge in [-0.05, 0) is 50.7 Å². The first-order chi connectivity index (χ1) is 7.91. The molecule has 0 heterocycles. The van der Waals surface area contributed by atoms with Crippen molar-refractivity contribution in [1.29, 1.82) is 0 Å². The Morgan fingerprint density at radius 3 is 2.06 bits per heavy atom. The SMILES string of the molecule is CCC=C=CCCCCCCCC=CCC. The third-order valence-electron chi connectivity index (χ3n) is 2.56. The Kier molecular flexibility index (Phi) is 13.6. The molecule has 0 unspecified atom stereocenters. The standard InChI is InChI=1S/C16H28/c1-3-5-7-9-11-13-15-16-14-12-10-8-6-4-2/h5-7,10H,3-4,9,11-16H2,1-2H3. The Morgan fingerprint density at radius 1 is 0.688 bits per heavy atom. The first-order valence-electron chi connectivity index (χ1n) is 6.96. The Labute approximate surface area is 102 Å². The van der Waals surface area contributed by atoms with Gasteiger partial charge < -0.3 is 0 Å². The maximum atomic E-state index is 3.20. The van der Waals surface area contributed by atoms with Crippen LogP contribution in [0.3, 0.4) is 0 Å². The van der Waals surface area contributed by atoms with Crippen molar-refractivity contribution in [2.75, 3.05) is 0 Å². The molecule has 0 rings (SSSR count). The van der Waals surface area contributed by atoms with Crippen LogP contribution in [0.25, 0.3) is 0 Å². The quantitative estimate of drug-likeness (QED) is 0.248. The number of hydrogen-bond donors (Lipinski definition) is 0. The third kappa shape index (κ3) is 13.3. The predicted molar refractivity (Wildman–Crippen MR) is 74.7 cm³/mol. The molecule has 0 saturated heterocycles. The van der Waals surface area contributed by atoms with Gasteiger partial charge in [-0.25, -0.2) is 0 Å². The first-order valence-corrected chi connectivity index (χ1v) is 6.96. The molecule has 0 aliphatic heterocycles. The highest BCUT2D eigenvalue weighted by Crippen LogP contribution is 2.07. The Morgan fingerprint density at radius 2 is 1.38 bits per heavy atom. The van der Waals surface area contributed by atoms with Gasteiger partial charge in [0.25, 0.3) is 0 Å². The summed E-state index contributed by atoms with van der Waals surface area (Å²) in [7, 11) is 0. The molecule has 0 bridgehead atoms. The van der Waals surface area contributed by atoms with E-state index in [-0.39, 0.29) is 0 Å². The van der Waals surface area contributed by atoms with Crippen molar-refractivity contribution in [3.63, 3.8) is 0 Å². The minimum absolute atomic E-state index is 1.10. The van der Waals surface area contributed by atoms with Crippen LogP contribution in [-0.4, -0.2) is 0 Å². The van der Waals surface area contributed by atoms with Gasteiger partial charge in [-0.15, -0.1) is 5.73 Å². The maximum absolute atomic E-state index is 3.20. The molecule has 0 aliphatic carbocycles. The third-order valence-corrected chi connectivity index (χ3v) is 2.56. The van der Waals surface area contributed by atoms with Crippen molar-refractivity contribution in [3.8, 4) is 0 Å². The molecule has 0 saturated carbocycles. The fourth-order valence-electron chi connectivity index (χ4n) is 1.61. The van der Waals surface area contributed by atoms with Crippen LogP contribution in [0.15, 0.2) is 30.0 Å². The van der Waals surface area contributed by atoms with E-state index in [1.165, 1.54) is 51.4 Å². The van der Waals surface area contributed by atoms with E-state index in [4.69, 9.17) is 0 Å². The highest BCUT2D eigenvalue weighted by atomic mass is 13.9. The average molecular weight is 220 g/mol. The van der Waals surface area contributed by atoms with E-state index >= 15 is 0 Å². The molecule has 0 heteroatoms. The van der Waals surface area contributed by atoms with E-state index in [1.807, 2.05) is 0 Å². The normalized spacial score (nSPS) is 10.4. The van der Waals surface area contributed by atoms with Crippen LogP contribution in [0.1, 0.15) is 71.6 Å². The van der Waals surface area contributed by atoms with Gasteiger partial charge >= 0.3 is 0 Å². The van der Waals surface area contributed by atoms with Gasteiger partial charge in [-0.1, -0.05) is 45.3 Å². The second-order valence-corrected chi connectivity index (χ2v) is 4.21. The number of rotatable bonds is 10. The molecule has 0 fully saturated rings. The van der Waals surface area contributed by atoms with Gasteiger partial charge in [0, 0.05) is 0 Å². The molecule has 0 N–H and O–H groups in total. The Hall–Kier alpha value is -0.740. The smallest absolute Gasteiger partial charge is 0.0274 e. The summed E-state index contributed by atoms with van der Waals surface area (Å²) < 4.78 is 0. The molecule has 0 aliphatic rings. The zero-order valence-corrected chi connectivity index (χ0v) is 11.2. The fraction of sp³-hybridized carbons (Fsp3) is 0.688. The van der Waals surface area contributed by atoms with Gasteiger partial charge in [0.1, 0.15) is 0 Å². The highest BCUT2D eigenvalue weighted by molar-refractivity contribution is 4.83. The van der Waals surface area contributed by atoms with Crippen molar-refractivity contribution in [3.05, 3.63) is 30.0 Å². The van der Waals surface area contributed by atoms with E-state index in [0.29, 0.717) is 0 Å². The molecule has 92 valence electrons. The van der Waals surface area contributed by atoms with E-state index < -0.39 is 0 Å². The average Bonchev–Trinajstić information content (AvgIpc) is 2.31. The molecular formula is C16H28. The largest absolute Gasteiger partial charge is 0.130 e. The van der Waals surface area contributed by atoms with Gasteiger partial charge in [-0.2, -0.15) is 0 Å². The van der Waals surface area contributed by atoms with Crippen LogP contribution in [0, 0.1) is 0 Å². The van der Waals surface area contributed by atoms with Gasteiger partial charge in [0.05, 0.1) is 0 Å². The second kappa shape index (κ2) is 14.3. The van der Waals surface area contributed by atoms with Crippen molar-refractivity contribution in [2.24, 2.45) is 0 Å². The summed E-state index contributed by atoms with van der Waals surface area (Å²) in [4.78, 5) is 0. The lowest BCUT2D eigenvalue weighted by Gasteiger charge is -1.97. The van der Waals surface area contributed by atoms with Crippen LogP contribution < -0.4 is 0 Å². The van der Waals surface area contributed by atoms with E-state index in [1.54, 1.807) is 0 Å². The van der Waals surface area contributed by atoms with Crippen molar-refractivity contribution in [1.82, 2.24) is 0 Å². The minimum Gasteiger partial charge on any atom is -0.130 e. The highest BCUT2D eigenvalue weighted by Gasteiger charge is 1.88. The monoisotopic (exact) mass is 220 g/mol. The molecule has 0 nitrogen and oxygen atoms in total. The molecule has 0 atom stereocenters.